The van der Waals surface area contributed by atoms with E-state index in [4.69, 9.17) is 0 Å². The van der Waals surface area contributed by atoms with Gasteiger partial charge in [0, 0.05) is 40.9 Å². The molecule has 1 aromatic heterocycles. The third-order valence-corrected chi connectivity index (χ3v) is 4.53. The molecule has 1 aromatic carbocycles. The summed E-state index contributed by atoms with van der Waals surface area (Å²) in [6, 6.07) is 10.1. The SMILES string of the molecule is CN(C)c1ccc(C(O)Cc2cc(Br)cs2)cc1. The second-order valence-corrected chi connectivity index (χ2v) is 6.35. The summed E-state index contributed by atoms with van der Waals surface area (Å²) in [6.07, 6.45) is 0.226. The van der Waals surface area contributed by atoms with E-state index in [1.54, 1.807) is 11.3 Å². The predicted molar refractivity (Wildman–Crippen MR) is 81.5 cm³/mol. The molecule has 1 heterocycles. The smallest absolute Gasteiger partial charge is 0.0838 e. The van der Waals surface area contributed by atoms with Gasteiger partial charge in [0.1, 0.15) is 0 Å². The Morgan fingerprint density at radius 2 is 1.94 bits per heavy atom. The summed E-state index contributed by atoms with van der Waals surface area (Å²) < 4.78 is 1.08. The molecule has 0 aliphatic heterocycles. The van der Waals surface area contributed by atoms with Crippen LogP contribution in [0.3, 0.4) is 0 Å². The molecular formula is C14H16BrNOS. The van der Waals surface area contributed by atoms with E-state index in [-0.39, 0.29) is 0 Å². The first-order valence-electron chi connectivity index (χ1n) is 5.74. The van der Waals surface area contributed by atoms with Gasteiger partial charge in [0.05, 0.1) is 6.10 Å². The Bertz CT molecular complexity index is 507. The second-order valence-electron chi connectivity index (χ2n) is 4.44. The number of aliphatic hydroxyl groups is 1. The van der Waals surface area contributed by atoms with Gasteiger partial charge in [0.25, 0.3) is 0 Å². The number of benzene rings is 1. The lowest BCUT2D eigenvalue weighted by atomic mass is 10.1. The first kappa shape index (κ1) is 13.6. The Morgan fingerprint density at radius 3 is 2.44 bits per heavy atom. The Labute approximate surface area is 120 Å². The van der Waals surface area contributed by atoms with Crippen molar-refractivity contribution in [1.29, 1.82) is 0 Å². The molecule has 0 fully saturated rings. The maximum Gasteiger partial charge on any atom is 0.0838 e. The monoisotopic (exact) mass is 325 g/mol. The zero-order valence-corrected chi connectivity index (χ0v) is 12.8. The van der Waals surface area contributed by atoms with Gasteiger partial charge in [-0.3, -0.25) is 0 Å². The molecular weight excluding hydrogens is 310 g/mol. The normalized spacial score (nSPS) is 12.4. The lowest BCUT2D eigenvalue weighted by Gasteiger charge is -2.14. The van der Waals surface area contributed by atoms with Crippen LogP contribution in [0.25, 0.3) is 0 Å². The molecule has 0 aliphatic carbocycles. The number of anilines is 1. The minimum Gasteiger partial charge on any atom is -0.388 e. The third-order valence-electron chi connectivity index (χ3n) is 2.81. The van der Waals surface area contributed by atoms with Crippen LogP contribution in [0.5, 0.6) is 0 Å². The van der Waals surface area contributed by atoms with Crippen LogP contribution in [0.4, 0.5) is 5.69 Å². The predicted octanol–water partition coefficient (Wildman–Crippen LogP) is 3.85. The Hall–Kier alpha value is -0.840. The average molecular weight is 326 g/mol. The molecule has 0 saturated carbocycles. The molecule has 4 heteroatoms. The van der Waals surface area contributed by atoms with Crippen LogP contribution < -0.4 is 4.90 Å². The standard InChI is InChI=1S/C14H16BrNOS/c1-16(2)12-5-3-10(4-6-12)14(17)8-13-7-11(15)9-18-13/h3-7,9,14,17H,8H2,1-2H3. The molecule has 0 saturated heterocycles. The molecule has 1 atom stereocenters. The van der Waals surface area contributed by atoms with Crippen molar-refractivity contribution in [3.63, 3.8) is 0 Å². The van der Waals surface area contributed by atoms with Crippen LogP contribution in [0.15, 0.2) is 40.2 Å². The lowest BCUT2D eigenvalue weighted by Crippen LogP contribution is -2.08. The molecule has 96 valence electrons. The summed E-state index contributed by atoms with van der Waals surface area (Å²) in [5.41, 5.74) is 2.11. The first-order chi connectivity index (χ1) is 8.56. The van der Waals surface area contributed by atoms with Crippen molar-refractivity contribution in [2.45, 2.75) is 12.5 Å². The summed E-state index contributed by atoms with van der Waals surface area (Å²) in [5.74, 6) is 0. The van der Waals surface area contributed by atoms with Crippen molar-refractivity contribution < 1.29 is 5.11 Å². The number of thiophene rings is 1. The van der Waals surface area contributed by atoms with E-state index in [9.17, 15) is 5.11 Å². The molecule has 0 bridgehead atoms. The summed E-state index contributed by atoms with van der Waals surface area (Å²) in [5, 5.41) is 12.2. The number of aliphatic hydroxyl groups excluding tert-OH is 1. The van der Waals surface area contributed by atoms with Gasteiger partial charge in [0.2, 0.25) is 0 Å². The van der Waals surface area contributed by atoms with Crippen molar-refractivity contribution in [3.05, 3.63) is 50.6 Å². The maximum absolute atomic E-state index is 10.2. The van der Waals surface area contributed by atoms with E-state index >= 15 is 0 Å². The van der Waals surface area contributed by atoms with E-state index in [2.05, 4.69) is 22.0 Å². The van der Waals surface area contributed by atoms with Crippen molar-refractivity contribution in [1.82, 2.24) is 0 Å². The quantitative estimate of drug-likeness (QED) is 0.922. The van der Waals surface area contributed by atoms with Gasteiger partial charge in [-0.15, -0.1) is 11.3 Å². The highest BCUT2D eigenvalue weighted by molar-refractivity contribution is 9.10. The third kappa shape index (κ3) is 3.34. The van der Waals surface area contributed by atoms with Crippen molar-refractivity contribution in [2.24, 2.45) is 0 Å². The largest absolute Gasteiger partial charge is 0.388 e. The minimum atomic E-state index is -0.438. The molecule has 0 spiro atoms. The molecule has 18 heavy (non-hydrogen) atoms. The van der Waals surface area contributed by atoms with Gasteiger partial charge < -0.3 is 10.0 Å². The fraction of sp³-hybridized carbons (Fsp3) is 0.286. The molecule has 0 radical (unpaired) electrons. The van der Waals surface area contributed by atoms with Gasteiger partial charge in [-0.1, -0.05) is 12.1 Å². The zero-order valence-electron chi connectivity index (χ0n) is 10.4. The summed E-state index contributed by atoms with van der Waals surface area (Å²) >= 11 is 5.09. The van der Waals surface area contributed by atoms with Crippen molar-refractivity contribution in [2.75, 3.05) is 19.0 Å². The van der Waals surface area contributed by atoms with Crippen LogP contribution in [-0.2, 0) is 6.42 Å². The summed E-state index contributed by atoms with van der Waals surface area (Å²) in [7, 11) is 4.02. The molecule has 2 nitrogen and oxygen atoms in total. The van der Waals surface area contributed by atoms with E-state index in [0.717, 1.165) is 15.7 Å². The number of hydrogen-bond donors (Lipinski definition) is 1. The summed E-state index contributed by atoms with van der Waals surface area (Å²) in [4.78, 5) is 3.23. The molecule has 1 N–H and O–H groups in total. The maximum atomic E-state index is 10.2. The highest BCUT2D eigenvalue weighted by Crippen LogP contribution is 2.26. The van der Waals surface area contributed by atoms with Crippen LogP contribution in [0.2, 0.25) is 0 Å². The fourth-order valence-electron chi connectivity index (χ4n) is 1.76. The summed E-state index contributed by atoms with van der Waals surface area (Å²) in [6.45, 7) is 0. The van der Waals surface area contributed by atoms with Crippen LogP contribution in [0.1, 0.15) is 16.5 Å². The molecule has 1 unspecified atom stereocenters. The van der Waals surface area contributed by atoms with E-state index in [1.807, 2.05) is 48.6 Å². The number of hydrogen-bond acceptors (Lipinski definition) is 3. The number of rotatable bonds is 4. The van der Waals surface area contributed by atoms with Crippen molar-refractivity contribution >= 4 is 33.0 Å². The zero-order chi connectivity index (χ0) is 13.1. The average Bonchev–Trinajstić information content (AvgIpc) is 2.75. The van der Waals surface area contributed by atoms with Gasteiger partial charge in [-0.05, 0) is 39.7 Å². The highest BCUT2D eigenvalue weighted by atomic mass is 79.9. The molecule has 0 amide bonds. The molecule has 2 rings (SSSR count). The Morgan fingerprint density at radius 1 is 1.28 bits per heavy atom. The Kier molecular flexibility index (Phi) is 4.43. The van der Waals surface area contributed by atoms with Crippen LogP contribution in [0, 0.1) is 0 Å². The fourth-order valence-corrected chi connectivity index (χ4v) is 3.25. The van der Waals surface area contributed by atoms with Gasteiger partial charge in [-0.25, -0.2) is 0 Å². The van der Waals surface area contributed by atoms with E-state index in [0.29, 0.717) is 6.42 Å². The number of halogens is 1. The van der Waals surface area contributed by atoms with Crippen molar-refractivity contribution in [3.8, 4) is 0 Å². The van der Waals surface area contributed by atoms with Crippen LogP contribution >= 0.6 is 27.3 Å². The topological polar surface area (TPSA) is 23.5 Å². The minimum absolute atomic E-state index is 0.438. The highest BCUT2D eigenvalue weighted by Gasteiger charge is 2.10. The number of nitrogens with zero attached hydrogens (tertiary/aromatic N) is 1. The van der Waals surface area contributed by atoms with E-state index < -0.39 is 6.10 Å². The van der Waals surface area contributed by atoms with Gasteiger partial charge >= 0.3 is 0 Å². The molecule has 0 aliphatic rings. The second kappa shape index (κ2) is 5.87. The van der Waals surface area contributed by atoms with Gasteiger partial charge in [0.15, 0.2) is 0 Å². The first-order valence-corrected chi connectivity index (χ1v) is 7.42. The van der Waals surface area contributed by atoms with E-state index in [1.165, 1.54) is 4.88 Å². The van der Waals surface area contributed by atoms with Crippen LogP contribution in [-0.4, -0.2) is 19.2 Å². The molecule has 2 aromatic rings. The Balaban J connectivity index is 2.06. The lowest BCUT2D eigenvalue weighted by molar-refractivity contribution is 0.179. The van der Waals surface area contributed by atoms with Gasteiger partial charge in [-0.2, -0.15) is 0 Å².